The summed E-state index contributed by atoms with van der Waals surface area (Å²) in [5.74, 6) is -0.515. The van der Waals surface area contributed by atoms with E-state index in [2.05, 4.69) is 26.1 Å². The lowest BCUT2D eigenvalue weighted by molar-refractivity contribution is -0.143. The van der Waals surface area contributed by atoms with Crippen LogP contribution in [-0.4, -0.2) is 63.2 Å². The van der Waals surface area contributed by atoms with Gasteiger partial charge in [0.25, 0.3) is 5.91 Å². The summed E-state index contributed by atoms with van der Waals surface area (Å²) in [7, 11) is 0. The summed E-state index contributed by atoms with van der Waals surface area (Å²) in [6.07, 6.45) is -9.10. The molecule has 5 N–H and O–H groups in total. The lowest BCUT2D eigenvalue weighted by Crippen LogP contribution is -2.51. The van der Waals surface area contributed by atoms with Gasteiger partial charge >= 0.3 is 18.4 Å². The van der Waals surface area contributed by atoms with Crippen molar-refractivity contribution in [3.63, 3.8) is 0 Å². The van der Waals surface area contributed by atoms with E-state index in [9.17, 15) is 41.0 Å². The lowest BCUT2D eigenvalue weighted by Gasteiger charge is -2.36. The predicted molar refractivity (Wildman–Crippen MR) is 158 cm³/mol. The molecule has 1 aliphatic heterocycles. The minimum absolute atomic E-state index is 0.0273. The number of amides is 2. The van der Waals surface area contributed by atoms with Crippen LogP contribution in [0.4, 0.5) is 37.0 Å². The SMILES string of the molecule is CCCC[C@H](NC(=O)O[C@H](CN1C=C(c2cc(C(F)(F)F)cc(C(F)(F)F)c2)NC1CC)C(C)(C)C)[C@H](O)C(=O)Nc1ccn[nH]1. The molecule has 46 heavy (non-hydrogen) atoms. The molecule has 0 saturated carbocycles. The maximum atomic E-state index is 13.5. The molecule has 1 aromatic heterocycles. The van der Waals surface area contributed by atoms with Gasteiger partial charge in [-0.15, -0.1) is 0 Å². The fourth-order valence-corrected chi connectivity index (χ4v) is 4.78. The number of H-pyrrole nitrogens is 1. The van der Waals surface area contributed by atoms with E-state index in [-0.39, 0.29) is 36.1 Å². The molecular formula is C30H40F6N6O4. The highest BCUT2D eigenvalue weighted by Crippen LogP contribution is 2.38. The first-order chi connectivity index (χ1) is 21.3. The van der Waals surface area contributed by atoms with Crippen molar-refractivity contribution in [2.45, 2.75) is 97.1 Å². The van der Waals surface area contributed by atoms with E-state index in [0.29, 0.717) is 25.0 Å². The first-order valence-corrected chi connectivity index (χ1v) is 14.8. The zero-order valence-electron chi connectivity index (χ0n) is 26.1. The van der Waals surface area contributed by atoms with Crippen molar-refractivity contribution in [3.05, 3.63) is 53.4 Å². The first-order valence-electron chi connectivity index (χ1n) is 14.8. The molecule has 0 aliphatic carbocycles. The van der Waals surface area contributed by atoms with Crippen LogP contribution in [0, 0.1) is 5.41 Å². The second-order valence-corrected chi connectivity index (χ2v) is 12.2. The summed E-state index contributed by atoms with van der Waals surface area (Å²) in [5, 5.41) is 25.0. The number of hydrogen-bond donors (Lipinski definition) is 5. The number of nitrogens with zero attached hydrogens (tertiary/aromatic N) is 2. The number of halogens is 6. The van der Waals surface area contributed by atoms with E-state index < -0.39 is 65.3 Å². The average molecular weight is 663 g/mol. The molecule has 0 radical (unpaired) electrons. The van der Waals surface area contributed by atoms with Crippen LogP contribution in [0.2, 0.25) is 0 Å². The maximum Gasteiger partial charge on any atom is 0.416 e. The second kappa shape index (κ2) is 14.6. The third-order valence-electron chi connectivity index (χ3n) is 7.47. The fraction of sp³-hybridized carbons (Fsp3) is 0.567. The number of carbonyl (C=O) groups is 2. The number of aromatic amines is 1. The Morgan fingerprint density at radius 2 is 1.70 bits per heavy atom. The molecule has 1 aliphatic rings. The Kier molecular flexibility index (Phi) is 11.6. The van der Waals surface area contributed by atoms with Crippen LogP contribution in [-0.2, 0) is 21.9 Å². The van der Waals surface area contributed by atoms with E-state index in [1.165, 1.54) is 18.5 Å². The molecule has 256 valence electrons. The Hall–Kier alpha value is -3.95. The number of nitrogens with one attached hydrogen (secondary N) is 4. The summed E-state index contributed by atoms with van der Waals surface area (Å²) in [6, 6.07) is 1.87. The van der Waals surface area contributed by atoms with Crippen molar-refractivity contribution < 1.29 is 45.8 Å². The second-order valence-electron chi connectivity index (χ2n) is 12.2. The molecule has 4 atom stereocenters. The molecule has 0 saturated heterocycles. The highest BCUT2D eigenvalue weighted by atomic mass is 19.4. The van der Waals surface area contributed by atoms with Crippen molar-refractivity contribution in [2.24, 2.45) is 5.41 Å². The monoisotopic (exact) mass is 662 g/mol. The molecule has 16 heteroatoms. The molecule has 2 aromatic rings. The number of alkyl carbamates (subject to hydrolysis) is 1. The molecule has 0 bridgehead atoms. The van der Waals surface area contributed by atoms with Crippen LogP contribution < -0.4 is 16.0 Å². The van der Waals surface area contributed by atoms with Crippen LogP contribution in [0.1, 0.15) is 77.0 Å². The van der Waals surface area contributed by atoms with E-state index >= 15 is 0 Å². The third-order valence-corrected chi connectivity index (χ3v) is 7.47. The highest BCUT2D eigenvalue weighted by Gasteiger charge is 2.39. The minimum Gasteiger partial charge on any atom is -0.444 e. The quantitative estimate of drug-likeness (QED) is 0.174. The van der Waals surface area contributed by atoms with Crippen molar-refractivity contribution in [2.75, 3.05) is 11.9 Å². The highest BCUT2D eigenvalue weighted by molar-refractivity contribution is 5.94. The normalized spacial score (nSPS) is 17.5. The predicted octanol–water partition coefficient (Wildman–Crippen LogP) is 6.09. The van der Waals surface area contributed by atoms with Gasteiger partial charge in [0.1, 0.15) is 11.9 Å². The number of unbranched alkanes of at least 4 members (excludes halogenated alkanes) is 1. The number of benzene rings is 1. The molecule has 0 fully saturated rings. The number of aliphatic hydroxyl groups is 1. The molecule has 2 amide bonds. The van der Waals surface area contributed by atoms with Gasteiger partial charge in [-0.2, -0.15) is 31.4 Å². The van der Waals surface area contributed by atoms with Gasteiger partial charge in [-0.1, -0.05) is 47.5 Å². The van der Waals surface area contributed by atoms with E-state index in [4.69, 9.17) is 4.74 Å². The zero-order valence-corrected chi connectivity index (χ0v) is 26.1. The van der Waals surface area contributed by atoms with Crippen LogP contribution in [0.5, 0.6) is 0 Å². The van der Waals surface area contributed by atoms with Crippen molar-refractivity contribution in [1.29, 1.82) is 0 Å². The third kappa shape index (κ3) is 9.77. The fourth-order valence-electron chi connectivity index (χ4n) is 4.78. The molecule has 0 spiro atoms. The number of alkyl halides is 6. The van der Waals surface area contributed by atoms with Crippen LogP contribution in [0.15, 0.2) is 36.7 Å². The summed E-state index contributed by atoms with van der Waals surface area (Å²) in [4.78, 5) is 27.4. The van der Waals surface area contributed by atoms with Gasteiger partial charge in [-0.25, -0.2) is 4.79 Å². The molecule has 10 nitrogen and oxygen atoms in total. The summed E-state index contributed by atoms with van der Waals surface area (Å²) < 4.78 is 86.7. The standard InChI is InChI=1S/C30H40F6N6O4/c1-6-8-9-20(25(43)26(44)40-23-10-11-37-41-23)39-27(45)46-22(28(3,4)5)16-42-15-21(38-24(42)7-2)17-12-18(29(31,32)33)14-19(13-17)30(34,35)36/h10-15,20,22,24-25,38,43H,6-9,16H2,1-5H3,(H,39,45)(H2,37,40,41,44)/t20-,22+,24?,25-/m0/s1. The summed E-state index contributed by atoms with van der Waals surface area (Å²) in [5.41, 5.74) is -3.79. The Balaban J connectivity index is 1.82. The van der Waals surface area contributed by atoms with Gasteiger partial charge in [0.05, 0.1) is 41.8 Å². The number of anilines is 1. The number of carbonyl (C=O) groups excluding carboxylic acids is 2. The number of rotatable bonds is 12. The van der Waals surface area contributed by atoms with E-state index in [1.54, 1.807) is 32.6 Å². The molecule has 1 aromatic carbocycles. The number of ether oxygens (including phenoxy) is 1. The Morgan fingerprint density at radius 3 is 2.20 bits per heavy atom. The van der Waals surface area contributed by atoms with Crippen LogP contribution >= 0.6 is 0 Å². The van der Waals surface area contributed by atoms with Gasteiger partial charge in [0.15, 0.2) is 6.10 Å². The van der Waals surface area contributed by atoms with Crippen molar-refractivity contribution >= 4 is 23.5 Å². The van der Waals surface area contributed by atoms with Gasteiger partial charge < -0.3 is 30.7 Å². The van der Waals surface area contributed by atoms with Crippen molar-refractivity contribution in [1.82, 2.24) is 25.7 Å². The largest absolute Gasteiger partial charge is 0.444 e. The minimum atomic E-state index is -5.00. The Labute approximate surface area is 262 Å². The summed E-state index contributed by atoms with van der Waals surface area (Å²) >= 11 is 0. The maximum absolute atomic E-state index is 13.5. The summed E-state index contributed by atoms with van der Waals surface area (Å²) in [6.45, 7) is 9.10. The lowest BCUT2D eigenvalue weighted by atomic mass is 9.88. The van der Waals surface area contributed by atoms with Gasteiger partial charge in [-0.05, 0) is 31.0 Å². The topological polar surface area (TPSA) is 132 Å². The average Bonchev–Trinajstić information content (AvgIpc) is 3.62. The van der Waals surface area contributed by atoms with Gasteiger partial charge in [0.2, 0.25) is 0 Å². The Bertz CT molecular complexity index is 1320. The van der Waals surface area contributed by atoms with Crippen LogP contribution in [0.3, 0.4) is 0 Å². The van der Waals surface area contributed by atoms with Gasteiger partial charge in [-0.3, -0.25) is 9.89 Å². The van der Waals surface area contributed by atoms with E-state index in [0.717, 1.165) is 6.42 Å². The first kappa shape index (κ1) is 36.5. The smallest absolute Gasteiger partial charge is 0.416 e. The molecule has 2 heterocycles. The van der Waals surface area contributed by atoms with Crippen molar-refractivity contribution in [3.8, 4) is 0 Å². The van der Waals surface area contributed by atoms with Crippen LogP contribution in [0.25, 0.3) is 5.70 Å². The Morgan fingerprint density at radius 1 is 1.07 bits per heavy atom. The number of aromatic nitrogens is 2. The number of hydrogen-bond acceptors (Lipinski definition) is 7. The van der Waals surface area contributed by atoms with Gasteiger partial charge in [0, 0.05) is 23.2 Å². The zero-order chi connectivity index (χ0) is 34.4. The van der Waals surface area contributed by atoms with E-state index in [1.807, 2.05) is 6.92 Å². The molecule has 1 unspecified atom stereocenters. The molecule has 3 rings (SSSR count). The molecular weight excluding hydrogens is 622 g/mol. The number of aliphatic hydroxyl groups excluding tert-OH is 1.